The minimum Gasteiger partial charge on any atom is -0.684 e. The summed E-state index contributed by atoms with van der Waals surface area (Å²) in [6.07, 6.45) is 0.990. The Labute approximate surface area is 550 Å². The first-order chi connectivity index (χ1) is 33.2. The van der Waals surface area contributed by atoms with Gasteiger partial charge in [0.2, 0.25) is 0 Å². The maximum absolute atomic E-state index is 4.93. The zero-order chi connectivity index (χ0) is 51.0. The van der Waals surface area contributed by atoms with Crippen LogP contribution in [0.2, 0.25) is 48.4 Å². The third-order valence-electron chi connectivity index (χ3n) is 19.2. The summed E-state index contributed by atoms with van der Waals surface area (Å²) in [5, 5.41) is 21.9. The number of rotatable bonds is 10. The molecule has 2 aromatic carbocycles. The van der Waals surface area contributed by atoms with Gasteiger partial charge in [-0.05, 0) is 91.1 Å². The summed E-state index contributed by atoms with van der Waals surface area (Å²) in [5.41, 5.74) is 5.83. The third kappa shape index (κ3) is 15.6. The molecule has 75 heavy (non-hydrogen) atoms. The molecular weight excluding hydrogens is 1490 g/mol. The molecule has 4 saturated carbocycles. The Morgan fingerprint density at radius 2 is 0.640 bits per heavy atom. The molecule has 4 aliphatic heterocycles. The van der Waals surface area contributed by atoms with Crippen LogP contribution in [-0.2, 0) is 47.1 Å². The van der Waals surface area contributed by atoms with E-state index in [-0.39, 0.29) is 55.9 Å². The van der Waals surface area contributed by atoms with Gasteiger partial charge in [-0.15, -0.1) is 71.5 Å². The molecule has 4 heterocycles. The van der Waals surface area contributed by atoms with Crippen molar-refractivity contribution in [3.63, 3.8) is 0 Å². The average molecular weight is 1580 g/mol. The molecule has 2 nitrogen and oxygen atoms in total. The van der Waals surface area contributed by atoms with Crippen LogP contribution in [0, 0.1) is 101 Å². The maximum Gasteiger partial charge on any atom is 4.00 e. The van der Waals surface area contributed by atoms with E-state index >= 15 is 0 Å². The van der Waals surface area contributed by atoms with E-state index in [9.17, 15) is 0 Å². The van der Waals surface area contributed by atoms with Gasteiger partial charge < -0.3 is 40.3 Å². The van der Waals surface area contributed by atoms with Crippen molar-refractivity contribution in [3.8, 4) is 0 Å². The first-order valence-corrected chi connectivity index (χ1v) is 45.3. The number of thioether (sulfide) groups is 4. The molecule has 4 aliphatic carbocycles. The van der Waals surface area contributed by atoms with Crippen molar-refractivity contribution in [3.05, 3.63) is 141 Å². The zero-order valence-electron chi connectivity index (χ0n) is 47.5. The Morgan fingerprint density at radius 1 is 0.427 bits per heavy atom. The van der Waals surface area contributed by atoms with Crippen molar-refractivity contribution in [2.75, 3.05) is 13.1 Å². The third-order valence-corrected chi connectivity index (χ3v) is 39.9. The maximum atomic E-state index is 4.93. The molecule has 0 spiro atoms. The zero-order valence-corrected chi connectivity index (χ0v) is 65.6. The van der Waals surface area contributed by atoms with Gasteiger partial charge in [-0.3, -0.25) is 0 Å². The Kier molecular flexibility index (Phi) is 32.2. The molecule has 0 radical (unpaired) electrons. The summed E-state index contributed by atoms with van der Waals surface area (Å²) >= 11 is 23.4. The van der Waals surface area contributed by atoms with Crippen LogP contribution in [0.1, 0.15) is 61.8 Å². The Bertz CT molecular complexity index is 1950. The molecule has 20 atom stereocenters. The molecule has 8 aliphatic rings. The Morgan fingerprint density at radius 3 is 0.853 bits per heavy atom. The van der Waals surface area contributed by atoms with Crippen LogP contribution in [0.4, 0.5) is 11.4 Å². The van der Waals surface area contributed by atoms with Gasteiger partial charge in [-0.2, -0.15) is 0 Å². The number of allylic oxidation sites excluding steroid dienone is 4. The van der Waals surface area contributed by atoms with Crippen molar-refractivity contribution in [1.82, 2.24) is 0 Å². The first kappa shape index (κ1) is 74.2. The van der Waals surface area contributed by atoms with E-state index in [1.54, 1.807) is 0 Å². The summed E-state index contributed by atoms with van der Waals surface area (Å²) in [6, 6.07) is 20.1. The summed E-state index contributed by atoms with van der Waals surface area (Å²) in [7, 11) is 7.01. The molecule has 0 N–H and O–H groups in total. The topological polar surface area (TPSA) is 28.2 Å². The van der Waals surface area contributed by atoms with E-state index in [2.05, 4.69) is 225 Å². The number of hydrogen-bond acceptors (Lipinski definition) is 4. The number of halogens is 6. The SMILES string of the molecule is CC1C(C)C([Si](C)(C)C2C(C)C(C)C3C(Br)=CSC32)C2SC=C(Br)C12.CC1C(C)C([Si](C)(C)C2C(C)C(C)C3C(Br)=CSC32)C2SC=C(Br)C12.[CH3-].[CH3-].[CH3-].[CH3-].[Cl][Zr+2][Cl].[Zr+4].c1ccc([N-]CCC[N-]c2ccccc2)cc1. The van der Waals surface area contributed by atoms with E-state index in [4.69, 9.17) is 17.0 Å². The number of nitrogens with zero attached hydrogens (tertiary/aromatic N) is 2. The average Bonchev–Trinajstić information content (AvgIpc) is 4.22. The van der Waals surface area contributed by atoms with Gasteiger partial charge >= 0.3 is 64.1 Å². The quantitative estimate of drug-likeness (QED) is 0.135. The first-order valence-electron chi connectivity index (χ1n) is 25.7. The minimum atomic E-state index is -1.43. The standard InChI is InChI=1S/2C20H30Br2S2Si.C15H16N2.4CH3.2ClH.2Zr/c2*1-9-11(3)19(17-15(9)13(21)7-23-17)25(5,6)20-12(4)10(2)16-14(22)8-24-18(16)20;1-3-8-14(9-4-1)16-12-7-13-17-15-10-5-2-6-11-15;;;;;;;;/h2*7-12,15-20H,1-6H3;1-6,8-11H,7,12-13H2;4*1H3;2*1H;;/q;;-2;4*-1;;;2*+4/p-2. The molecular formula is C59H88Br4Cl2N2S4Si2Zr2. The van der Waals surface area contributed by atoms with Gasteiger partial charge in [-0.1, -0.05) is 212 Å². The Balaban J connectivity index is 0.000000369. The van der Waals surface area contributed by atoms with Gasteiger partial charge in [0.1, 0.15) is 0 Å². The van der Waals surface area contributed by atoms with E-state index in [1.807, 2.05) is 60.7 Å². The number of fused-ring (bicyclic) bond motifs is 4. The predicted molar refractivity (Wildman–Crippen MR) is 361 cm³/mol. The van der Waals surface area contributed by atoms with Crippen molar-refractivity contribution in [2.24, 2.45) is 71.0 Å². The minimum absolute atomic E-state index is 0. The van der Waals surface area contributed by atoms with Crippen LogP contribution in [0.25, 0.3) is 10.6 Å². The second kappa shape index (κ2) is 32.6. The molecule has 0 aromatic heterocycles. The molecule has 4 fully saturated rings. The van der Waals surface area contributed by atoms with Gasteiger partial charge in [0, 0.05) is 62.6 Å². The number of benzene rings is 2. The number of para-hydroxylation sites is 2. The molecule has 16 heteroatoms. The van der Waals surface area contributed by atoms with Crippen LogP contribution in [0.5, 0.6) is 0 Å². The van der Waals surface area contributed by atoms with Crippen molar-refractivity contribution < 1.29 is 47.1 Å². The largest absolute Gasteiger partial charge is 4.00 e. The summed E-state index contributed by atoms with van der Waals surface area (Å²) in [4.78, 5) is 0. The summed E-state index contributed by atoms with van der Waals surface area (Å²) < 4.78 is 5.94. The fraction of sp³-hybridized carbons (Fsp3) is 0.593. The Hall–Kier alpha value is 3.10. The van der Waals surface area contributed by atoms with E-state index < -0.39 is 37.0 Å². The number of hydrogen-bond donors (Lipinski definition) is 0. The summed E-state index contributed by atoms with van der Waals surface area (Å²) in [5.74, 6) is 9.74. The van der Waals surface area contributed by atoms with Crippen LogP contribution in [0.3, 0.4) is 0 Å². The van der Waals surface area contributed by atoms with Gasteiger partial charge in [-0.25, -0.2) is 0 Å². The van der Waals surface area contributed by atoms with Crippen molar-refractivity contribution in [2.45, 2.75) is 131 Å². The summed E-state index contributed by atoms with van der Waals surface area (Å²) in [6.45, 7) is 33.0. The predicted octanol–water partition coefficient (Wildman–Crippen LogP) is 23.8. The van der Waals surface area contributed by atoms with Crippen molar-refractivity contribution >= 4 is 155 Å². The van der Waals surface area contributed by atoms with Crippen molar-refractivity contribution in [1.29, 1.82) is 0 Å². The fourth-order valence-electron chi connectivity index (χ4n) is 15.5. The molecule has 10 rings (SSSR count). The molecule has 0 bridgehead atoms. The van der Waals surface area contributed by atoms with E-state index in [1.165, 1.54) is 17.9 Å². The normalized spacial score (nSPS) is 37.1. The smallest absolute Gasteiger partial charge is 0.684 e. The molecule has 0 amide bonds. The van der Waals surface area contributed by atoms with Crippen LogP contribution < -0.4 is 0 Å². The van der Waals surface area contributed by atoms with Gasteiger partial charge in [0.15, 0.2) is 0 Å². The van der Waals surface area contributed by atoms with E-state index in [0.29, 0.717) is 0 Å². The van der Waals surface area contributed by atoms with Crippen LogP contribution in [-0.4, -0.2) is 50.2 Å². The molecule has 416 valence electrons. The van der Waals surface area contributed by atoms with Crippen LogP contribution in [0.15, 0.2) is 100 Å². The van der Waals surface area contributed by atoms with Gasteiger partial charge in [0.05, 0.1) is 16.1 Å². The molecule has 0 saturated heterocycles. The monoisotopic (exact) mass is 1570 g/mol. The second-order valence-corrected chi connectivity index (χ2v) is 44.6. The van der Waals surface area contributed by atoms with E-state index in [0.717, 1.165) is 145 Å². The fourth-order valence-corrected chi connectivity index (χ4v) is 42.9. The molecule has 2 aromatic rings. The van der Waals surface area contributed by atoms with Crippen LogP contribution >= 0.6 is 128 Å². The molecule has 20 unspecified atom stereocenters. The van der Waals surface area contributed by atoms with Gasteiger partial charge in [0.25, 0.3) is 0 Å². The second-order valence-electron chi connectivity index (χ2n) is 23.0.